The van der Waals surface area contributed by atoms with Crippen molar-refractivity contribution in [1.29, 1.82) is 0 Å². The minimum Gasteiger partial charge on any atom is -0.374 e. The SMILES string of the molecule is CC(Nc1ccc(N2CCCCCC2)cc1)c1nc(C2CC2)no1. The highest BCUT2D eigenvalue weighted by Gasteiger charge is 2.29. The minimum absolute atomic E-state index is 0.0223. The predicted octanol–water partition coefficient (Wildman–Crippen LogP) is 4.50. The Kier molecular flexibility index (Phi) is 4.41. The highest BCUT2D eigenvalue weighted by atomic mass is 16.5. The zero-order chi connectivity index (χ0) is 16.4. The van der Waals surface area contributed by atoms with Gasteiger partial charge in [-0.3, -0.25) is 0 Å². The molecule has 5 nitrogen and oxygen atoms in total. The summed E-state index contributed by atoms with van der Waals surface area (Å²) in [5.74, 6) is 2.08. The number of aromatic nitrogens is 2. The Labute approximate surface area is 143 Å². The van der Waals surface area contributed by atoms with Crippen molar-refractivity contribution in [2.75, 3.05) is 23.3 Å². The number of hydrogen-bond acceptors (Lipinski definition) is 5. The van der Waals surface area contributed by atoms with Crippen LogP contribution in [0.1, 0.15) is 69.1 Å². The first kappa shape index (κ1) is 15.5. The Hall–Kier alpha value is -2.04. The standard InChI is InChI=1S/C19H26N4O/c1-14(19-21-18(22-24-19)15-6-7-15)20-16-8-10-17(11-9-16)23-12-4-2-3-5-13-23/h8-11,14-15,20H,2-7,12-13H2,1H3. The molecule has 1 saturated heterocycles. The fourth-order valence-corrected chi connectivity index (χ4v) is 3.34. The first-order chi connectivity index (χ1) is 11.8. The van der Waals surface area contributed by atoms with Crippen LogP contribution in [0, 0.1) is 0 Å². The van der Waals surface area contributed by atoms with E-state index in [1.165, 1.54) is 57.3 Å². The van der Waals surface area contributed by atoms with Crippen LogP contribution in [0.2, 0.25) is 0 Å². The third-order valence-corrected chi connectivity index (χ3v) is 4.99. The summed E-state index contributed by atoms with van der Waals surface area (Å²) in [5, 5.41) is 7.55. The van der Waals surface area contributed by atoms with Gasteiger partial charge < -0.3 is 14.7 Å². The molecule has 24 heavy (non-hydrogen) atoms. The highest BCUT2D eigenvalue weighted by Crippen LogP contribution is 2.38. The Morgan fingerprint density at radius 1 is 1.08 bits per heavy atom. The molecule has 128 valence electrons. The maximum absolute atomic E-state index is 5.40. The molecule has 1 N–H and O–H groups in total. The van der Waals surface area contributed by atoms with Crippen molar-refractivity contribution in [3.05, 3.63) is 36.0 Å². The largest absolute Gasteiger partial charge is 0.374 e. The van der Waals surface area contributed by atoms with Crippen LogP contribution in [-0.4, -0.2) is 23.2 Å². The van der Waals surface area contributed by atoms with E-state index in [0.29, 0.717) is 11.8 Å². The average molecular weight is 326 g/mol. The molecule has 2 aromatic rings. The van der Waals surface area contributed by atoms with E-state index in [1.807, 2.05) is 0 Å². The molecule has 0 amide bonds. The third kappa shape index (κ3) is 3.55. The first-order valence-corrected chi connectivity index (χ1v) is 9.24. The molecule has 1 unspecified atom stereocenters. The van der Waals surface area contributed by atoms with E-state index in [2.05, 4.69) is 51.5 Å². The van der Waals surface area contributed by atoms with Gasteiger partial charge in [0.2, 0.25) is 5.89 Å². The number of benzene rings is 1. The van der Waals surface area contributed by atoms with E-state index in [1.54, 1.807) is 0 Å². The lowest BCUT2D eigenvalue weighted by Gasteiger charge is -2.23. The topological polar surface area (TPSA) is 54.2 Å². The molecule has 1 aromatic heterocycles. The molecule has 1 aliphatic heterocycles. The van der Waals surface area contributed by atoms with E-state index >= 15 is 0 Å². The van der Waals surface area contributed by atoms with Gasteiger partial charge in [0.25, 0.3) is 0 Å². The summed E-state index contributed by atoms with van der Waals surface area (Å²) >= 11 is 0. The average Bonchev–Trinajstić information content (AvgIpc) is 3.39. The minimum atomic E-state index is 0.0223. The fraction of sp³-hybridized carbons (Fsp3) is 0.579. The fourth-order valence-electron chi connectivity index (χ4n) is 3.34. The van der Waals surface area contributed by atoms with Crippen LogP contribution < -0.4 is 10.2 Å². The quantitative estimate of drug-likeness (QED) is 0.876. The molecule has 1 atom stereocenters. The second-order valence-electron chi connectivity index (χ2n) is 7.08. The summed E-state index contributed by atoms with van der Waals surface area (Å²) in [4.78, 5) is 7.02. The first-order valence-electron chi connectivity index (χ1n) is 9.24. The Balaban J connectivity index is 1.38. The van der Waals surface area contributed by atoms with Gasteiger partial charge in [-0.15, -0.1) is 0 Å². The van der Waals surface area contributed by atoms with Gasteiger partial charge in [-0.2, -0.15) is 4.98 Å². The molecule has 2 aliphatic rings. The third-order valence-electron chi connectivity index (χ3n) is 4.99. The Morgan fingerprint density at radius 3 is 2.46 bits per heavy atom. The van der Waals surface area contributed by atoms with Gasteiger partial charge in [-0.25, -0.2) is 0 Å². The van der Waals surface area contributed by atoms with E-state index < -0.39 is 0 Å². The molecule has 2 heterocycles. The molecular weight excluding hydrogens is 300 g/mol. The van der Waals surface area contributed by atoms with Crippen molar-refractivity contribution in [3.8, 4) is 0 Å². The Morgan fingerprint density at radius 2 is 1.79 bits per heavy atom. The second-order valence-corrected chi connectivity index (χ2v) is 7.08. The summed E-state index contributed by atoms with van der Waals surface area (Å²) in [7, 11) is 0. The lowest BCUT2D eigenvalue weighted by Crippen LogP contribution is -2.23. The normalized spacial score (nSPS) is 19.8. The zero-order valence-corrected chi connectivity index (χ0v) is 14.4. The van der Waals surface area contributed by atoms with Gasteiger partial charge in [0, 0.05) is 30.4 Å². The highest BCUT2D eigenvalue weighted by molar-refractivity contribution is 5.55. The van der Waals surface area contributed by atoms with E-state index in [4.69, 9.17) is 4.52 Å². The van der Waals surface area contributed by atoms with Gasteiger partial charge >= 0.3 is 0 Å². The molecule has 0 radical (unpaired) electrons. The molecular formula is C19H26N4O. The lowest BCUT2D eigenvalue weighted by atomic mass is 10.2. The number of rotatable bonds is 5. The molecule has 0 bridgehead atoms. The van der Waals surface area contributed by atoms with Crippen molar-refractivity contribution in [2.45, 2.75) is 57.4 Å². The monoisotopic (exact) mass is 326 g/mol. The number of nitrogens with zero attached hydrogens (tertiary/aromatic N) is 3. The van der Waals surface area contributed by atoms with Gasteiger partial charge in [0.1, 0.15) is 6.04 Å². The summed E-state index contributed by atoms with van der Waals surface area (Å²) in [6.07, 6.45) is 7.72. The molecule has 0 spiro atoms. The van der Waals surface area contributed by atoms with Crippen LogP contribution in [0.5, 0.6) is 0 Å². The molecule has 5 heteroatoms. The van der Waals surface area contributed by atoms with E-state index in [0.717, 1.165) is 11.5 Å². The number of hydrogen-bond donors (Lipinski definition) is 1. The lowest BCUT2D eigenvalue weighted by molar-refractivity contribution is 0.363. The molecule has 1 aromatic carbocycles. The smallest absolute Gasteiger partial charge is 0.248 e. The molecule has 2 fully saturated rings. The van der Waals surface area contributed by atoms with Crippen molar-refractivity contribution in [1.82, 2.24) is 10.1 Å². The van der Waals surface area contributed by atoms with Crippen molar-refractivity contribution >= 4 is 11.4 Å². The van der Waals surface area contributed by atoms with Gasteiger partial charge in [0.05, 0.1) is 0 Å². The van der Waals surface area contributed by atoms with Crippen molar-refractivity contribution in [3.63, 3.8) is 0 Å². The number of nitrogens with one attached hydrogen (secondary N) is 1. The molecule has 4 rings (SSSR count). The van der Waals surface area contributed by atoms with E-state index in [-0.39, 0.29) is 6.04 Å². The predicted molar refractivity (Wildman–Crippen MR) is 95.4 cm³/mol. The summed E-state index contributed by atoms with van der Waals surface area (Å²) in [6.45, 7) is 4.41. The van der Waals surface area contributed by atoms with Crippen molar-refractivity contribution in [2.24, 2.45) is 0 Å². The summed E-state index contributed by atoms with van der Waals surface area (Å²) < 4.78 is 5.40. The number of anilines is 2. The van der Waals surface area contributed by atoms with Gasteiger partial charge in [0.15, 0.2) is 5.82 Å². The van der Waals surface area contributed by atoms with E-state index in [9.17, 15) is 0 Å². The molecule has 1 saturated carbocycles. The van der Waals surface area contributed by atoms with Crippen LogP contribution in [0.3, 0.4) is 0 Å². The van der Waals surface area contributed by atoms with Crippen LogP contribution in [0.25, 0.3) is 0 Å². The summed E-state index contributed by atoms with van der Waals surface area (Å²) in [5.41, 5.74) is 2.41. The zero-order valence-electron chi connectivity index (χ0n) is 14.4. The van der Waals surface area contributed by atoms with Crippen molar-refractivity contribution < 1.29 is 4.52 Å². The maximum atomic E-state index is 5.40. The van der Waals surface area contributed by atoms with Crippen LogP contribution >= 0.6 is 0 Å². The second kappa shape index (κ2) is 6.83. The van der Waals surface area contributed by atoms with Gasteiger partial charge in [-0.05, 0) is 56.9 Å². The maximum Gasteiger partial charge on any atom is 0.248 e. The van der Waals surface area contributed by atoms with Crippen LogP contribution in [-0.2, 0) is 0 Å². The van der Waals surface area contributed by atoms with Crippen LogP contribution in [0.15, 0.2) is 28.8 Å². The Bertz CT molecular complexity index is 654. The molecule has 1 aliphatic carbocycles. The van der Waals surface area contributed by atoms with Crippen LogP contribution in [0.4, 0.5) is 11.4 Å². The van der Waals surface area contributed by atoms with Gasteiger partial charge in [-0.1, -0.05) is 18.0 Å². The summed E-state index contributed by atoms with van der Waals surface area (Å²) in [6, 6.07) is 8.74.